The molecule has 1 unspecified atom stereocenters. The quantitative estimate of drug-likeness (QED) is 0.703. The Bertz CT molecular complexity index is 360. The second-order valence-corrected chi connectivity index (χ2v) is 5.60. The van der Waals surface area contributed by atoms with Crippen molar-refractivity contribution >= 4 is 27.5 Å². The van der Waals surface area contributed by atoms with Gasteiger partial charge in [-0.15, -0.1) is 0 Å². The van der Waals surface area contributed by atoms with Gasteiger partial charge in [0.15, 0.2) is 0 Å². The van der Waals surface area contributed by atoms with Crippen LogP contribution in [0.15, 0.2) is 22.7 Å². The van der Waals surface area contributed by atoms with Crippen molar-refractivity contribution in [3.8, 4) is 0 Å². The lowest BCUT2D eigenvalue weighted by Crippen LogP contribution is -2.22. The topological polar surface area (TPSA) is 21.3 Å². The molecule has 0 aliphatic carbocycles. The van der Waals surface area contributed by atoms with E-state index in [1.807, 2.05) is 12.1 Å². The maximum atomic E-state index is 5.98. The predicted molar refractivity (Wildman–Crippen MR) is 81.3 cm³/mol. The predicted octanol–water partition coefficient (Wildman–Crippen LogP) is 4.57. The van der Waals surface area contributed by atoms with Crippen LogP contribution in [0.25, 0.3) is 0 Å². The van der Waals surface area contributed by atoms with Gasteiger partial charge in [-0.1, -0.05) is 40.5 Å². The molecule has 0 fully saturated rings. The summed E-state index contributed by atoms with van der Waals surface area (Å²) in [6.07, 6.45) is 3.24. The van der Waals surface area contributed by atoms with Crippen LogP contribution in [-0.2, 0) is 4.74 Å². The molecule has 102 valence electrons. The minimum Gasteiger partial charge on any atom is -0.385 e. The van der Waals surface area contributed by atoms with E-state index in [1.54, 1.807) is 7.11 Å². The Morgan fingerprint density at radius 2 is 2.22 bits per heavy atom. The van der Waals surface area contributed by atoms with Crippen LogP contribution >= 0.6 is 27.5 Å². The number of hydrogen-bond donors (Lipinski definition) is 1. The highest BCUT2D eigenvalue weighted by atomic mass is 79.9. The summed E-state index contributed by atoms with van der Waals surface area (Å²) in [6.45, 7) is 4.00. The number of nitrogens with one attached hydrogen (secondary N) is 1. The molecule has 0 aliphatic rings. The van der Waals surface area contributed by atoms with Gasteiger partial charge in [0.05, 0.1) is 0 Å². The zero-order chi connectivity index (χ0) is 13.4. The Kier molecular flexibility index (Phi) is 7.91. The Balaban J connectivity index is 2.73. The van der Waals surface area contributed by atoms with E-state index >= 15 is 0 Å². The zero-order valence-corrected chi connectivity index (χ0v) is 13.4. The molecule has 0 amide bonds. The standard InChI is InChI=1S/C14H21BrClNO/c1-3-8-17-14(5-4-9-18-2)12-7-6-11(16)10-13(12)15/h6-7,10,14,17H,3-5,8-9H2,1-2H3. The van der Waals surface area contributed by atoms with Gasteiger partial charge >= 0.3 is 0 Å². The lowest BCUT2D eigenvalue weighted by molar-refractivity contribution is 0.188. The average molecular weight is 335 g/mol. The van der Waals surface area contributed by atoms with E-state index in [-0.39, 0.29) is 0 Å². The van der Waals surface area contributed by atoms with Crippen LogP contribution in [-0.4, -0.2) is 20.3 Å². The monoisotopic (exact) mass is 333 g/mol. The minimum absolute atomic E-state index is 0.353. The van der Waals surface area contributed by atoms with Crippen LogP contribution in [0.5, 0.6) is 0 Å². The molecule has 1 atom stereocenters. The number of halogens is 2. The van der Waals surface area contributed by atoms with Gasteiger partial charge in [0.25, 0.3) is 0 Å². The number of benzene rings is 1. The van der Waals surface area contributed by atoms with Crippen molar-refractivity contribution in [2.45, 2.75) is 32.2 Å². The van der Waals surface area contributed by atoms with Crippen LogP contribution < -0.4 is 5.32 Å². The second-order valence-electron chi connectivity index (χ2n) is 4.31. The molecular formula is C14H21BrClNO. The second kappa shape index (κ2) is 8.92. The van der Waals surface area contributed by atoms with Crippen molar-refractivity contribution in [3.63, 3.8) is 0 Å². The fourth-order valence-electron chi connectivity index (χ4n) is 1.90. The van der Waals surface area contributed by atoms with E-state index in [0.29, 0.717) is 6.04 Å². The molecular weight excluding hydrogens is 314 g/mol. The summed E-state index contributed by atoms with van der Waals surface area (Å²) in [7, 11) is 1.74. The molecule has 0 spiro atoms. The number of methoxy groups -OCH3 is 1. The van der Waals surface area contributed by atoms with Gasteiger partial charge < -0.3 is 10.1 Å². The lowest BCUT2D eigenvalue weighted by atomic mass is 10.0. The fourth-order valence-corrected chi connectivity index (χ4v) is 2.86. The van der Waals surface area contributed by atoms with Gasteiger partial charge in [-0.05, 0) is 43.5 Å². The summed E-state index contributed by atoms with van der Waals surface area (Å²) in [4.78, 5) is 0. The highest BCUT2D eigenvalue weighted by Gasteiger charge is 2.13. The molecule has 0 saturated carbocycles. The third-order valence-electron chi connectivity index (χ3n) is 2.82. The first-order valence-electron chi connectivity index (χ1n) is 6.36. The van der Waals surface area contributed by atoms with Crippen LogP contribution in [0.2, 0.25) is 5.02 Å². The normalized spacial score (nSPS) is 12.7. The first-order chi connectivity index (χ1) is 8.69. The van der Waals surface area contributed by atoms with Crippen molar-refractivity contribution in [2.75, 3.05) is 20.3 Å². The molecule has 1 aromatic carbocycles. The summed E-state index contributed by atoms with van der Waals surface area (Å²) in [5.41, 5.74) is 1.27. The SMILES string of the molecule is CCCNC(CCCOC)c1ccc(Cl)cc1Br. The molecule has 0 aromatic heterocycles. The van der Waals surface area contributed by atoms with Crippen molar-refractivity contribution < 1.29 is 4.74 Å². The van der Waals surface area contributed by atoms with E-state index in [4.69, 9.17) is 16.3 Å². The van der Waals surface area contributed by atoms with E-state index in [1.165, 1.54) is 5.56 Å². The summed E-state index contributed by atoms with van der Waals surface area (Å²) in [6, 6.07) is 6.34. The van der Waals surface area contributed by atoms with Gasteiger partial charge in [0.1, 0.15) is 0 Å². The molecule has 18 heavy (non-hydrogen) atoms. The maximum Gasteiger partial charge on any atom is 0.0462 e. The van der Waals surface area contributed by atoms with E-state index in [0.717, 1.165) is 41.9 Å². The Labute approximate surface area is 123 Å². The molecule has 0 aliphatic heterocycles. The van der Waals surface area contributed by atoms with Gasteiger partial charge in [0, 0.05) is 29.3 Å². The minimum atomic E-state index is 0.353. The van der Waals surface area contributed by atoms with Crippen LogP contribution in [0.3, 0.4) is 0 Å². The van der Waals surface area contributed by atoms with E-state index in [9.17, 15) is 0 Å². The summed E-state index contributed by atoms with van der Waals surface area (Å²) in [5, 5.41) is 4.34. The molecule has 4 heteroatoms. The van der Waals surface area contributed by atoms with E-state index < -0.39 is 0 Å². The molecule has 2 nitrogen and oxygen atoms in total. The van der Waals surface area contributed by atoms with Gasteiger partial charge in [-0.25, -0.2) is 0 Å². The van der Waals surface area contributed by atoms with Crippen LogP contribution in [0, 0.1) is 0 Å². The Hall–Kier alpha value is -0.0900. The smallest absolute Gasteiger partial charge is 0.0462 e. The van der Waals surface area contributed by atoms with E-state index in [2.05, 4.69) is 34.2 Å². The molecule has 1 N–H and O–H groups in total. The zero-order valence-electron chi connectivity index (χ0n) is 11.0. The number of hydrogen-bond acceptors (Lipinski definition) is 2. The van der Waals surface area contributed by atoms with Gasteiger partial charge in [0.2, 0.25) is 0 Å². The lowest BCUT2D eigenvalue weighted by Gasteiger charge is -2.20. The van der Waals surface area contributed by atoms with Gasteiger partial charge in [-0.2, -0.15) is 0 Å². The molecule has 0 radical (unpaired) electrons. The van der Waals surface area contributed by atoms with Crippen LogP contribution in [0.1, 0.15) is 37.8 Å². The van der Waals surface area contributed by atoms with Crippen molar-refractivity contribution in [2.24, 2.45) is 0 Å². The summed E-state index contributed by atoms with van der Waals surface area (Å²) >= 11 is 9.58. The number of rotatable bonds is 8. The third-order valence-corrected chi connectivity index (χ3v) is 3.74. The van der Waals surface area contributed by atoms with Crippen molar-refractivity contribution in [3.05, 3.63) is 33.3 Å². The van der Waals surface area contributed by atoms with Gasteiger partial charge in [-0.3, -0.25) is 0 Å². The first-order valence-corrected chi connectivity index (χ1v) is 7.53. The highest BCUT2D eigenvalue weighted by Crippen LogP contribution is 2.29. The molecule has 0 bridgehead atoms. The fraction of sp³-hybridized carbons (Fsp3) is 0.571. The largest absolute Gasteiger partial charge is 0.385 e. The van der Waals surface area contributed by atoms with Crippen molar-refractivity contribution in [1.82, 2.24) is 5.32 Å². The molecule has 1 aromatic rings. The number of ether oxygens (including phenoxy) is 1. The van der Waals surface area contributed by atoms with Crippen LogP contribution in [0.4, 0.5) is 0 Å². The highest BCUT2D eigenvalue weighted by molar-refractivity contribution is 9.10. The Morgan fingerprint density at radius 3 is 2.83 bits per heavy atom. The summed E-state index contributed by atoms with van der Waals surface area (Å²) < 4.78 is 6.19. The molecule has 0 saturated heterocycles. The molecule has 0 heterocycles. The third kappa shape index (κ3) is 5.27. The maximum absolute atomic E-state index is 5.98. The summed E-state index contributed by atoms with van der Waals surface area (Å²) in [5.74, 6) is 0. The van der Waals surface area contributed by atoms with Crippen molar-refractivity contribution in [1.29, 1.82) is 0 Å². The average Bonchev–Trinajstić information content (AvgIpc) is 2.34. The Morgan fingerprint density at radius 1 is 1.44 bits per heavy atom. The molecule has 1 rings (SSSR count). The first kappa shape index (κ1) is 16.0.